The molecular formula is C21H40IN5O. The van der Waals surface area contributed by atoms with Crippen LogP contribution >= 0.6 is 24.0 Å². The normalized spacial score (nSPS) is 20.5. The van der Waals surface area contributed by atoms with Gasteiger partial charge in [-0.3, -0.25) is 4.99 Å². The van der Waals surface area contributed by atoms with Crippen LogP contribution in [0.3, 0.4) is 0 Å². The van der Waals surface area contributed by atoms with Gasteiger partial charge in [0.05, 0.1) is 6.10 Å². The van der Waals surface area contributed by atoms with Crippen molar-refractivity contribution >= 4 is 29.9 Å². The number of nitrogens with one attached hydrogen (secondary N) is 2. The van der Waals surface area contributed by atoms with E-state index in [1.807, 2.05) is 19.3 Å². The summed E-state index contributed by atoms with van der Waals surface area (Å²) in [6, 6.07) is 0. The number of unbranched alkanes of at least 4 members (excludes halogenated alkanes) is 1. The molecule has 2 atom stereocenters. The van der Waals surface area contributed by atoms with Crippen LogP contribution in [-0.4, -0.2) is 47.9 Å². The topological polar surface area (TPSA) is 63.5 Å². The SMILES string of the molecule is CCNC(=NCC1CCCOC1C(C)(C)C)NCCCCn1ccnc1C.I. The van der Waals surface area contributed by atoms with Crippen molar-refractivity contribution in [1.29, 1.82) is 0 Å². The number of aryl methyl sites for hydroxylation is 2. The molecule has 1 aromatic rings. The highest BCUT2D eigenvalue weighted by Gasteiger charge is 2.35. The molecule has 0 spiro atoms. The van der Waals surface area contributed by atoms with Crippen LogP contribution in [0.1, 0.15) is 59.2 Å². The van der Waals surface area contributed by atoms with E-state index >= 15 is 0 Å². The third-order valence-electron chi connectivity index (χ3n) is 5.17. The van der Waals surface area contributed by atoms with Gasteiger partial charge in [-0.1, -0.05) is 20.8 Å². The van der Waals surface area contributed by atoms with Gasteiger partial charge in [-0.15, -0.1) is 24.0 Å². The first-order chi connectivity index (χ1) is 12.9. The van der Waals surface area contributed by atoms with Crippen LogP contribution in [-0.2, 0) is 11.3 Å². The number of halogens is 1. The molecule has 1 aromatic heterocycles. The van der Waals surface area contributed by atoms with E-state index < -0.39 is 0 Å². The molecule has 1 saturated heterocycles. The summed E-state index contributed by atoms with van der Waals surface area (Å²) in [5.74, 6) is 2.51. The lowest BCUT2D eigenvalue weighted by Gasteiger charge is -2.39. The summed E-state index contributed by atoms with van der Waals surface area (Å²) in [5.41, 5.74) is 0.165. The fraction of sp³-hybridized carbons (Fsp3) is 0.810. The summed E-state index contributed by atoms with van der Waals surface area (Å²) in [7, 11) is 0. The molecule has 1 aliphatic rings. The molecule has 162 valence electrons. The molecule has 2 heterocycles. The molecule has 0 aromatic carbocycles. The maximum atomic E-state index is 6.09. The van der Waals surface area contributed by atoms with E-state index in [1.165, 1.54) is 6.42 Å². The Balaban J connectivity index is 0.00000392. The number of aliphatic imine (C=N–C) groups is 1. The molecule has 2 N–H and O–H groups in total. The lowest BCUT2D eigenvalue weighted by molar-refractivity contribution is -0.0823. The van der Waals surface area contributed by atoms with Gasteiger partial charge in [0.1, 0.15) is 5.82 Å². The van der Waals surface area contributed by atoms with Crippen LogP contribution in [0.25, 0.3) is 0 Å². The quantitative estimate of drug-likeness (QED) is 0.243. The smallest absolute Gasteiger partial charge is 0.191 e. The second-order valence-electron chi connectivity index (χ2n) is 8.58. The lowest BCUT2D eigenvalue weighted by atomic mass is 9.78. The van der Waals surface area contributed by atoms with Crippen LogP contribution in [0.15, 0.2) is 17.4 Å². The van der Waals surface area contributed by atoms with Crippen LogP contribution in [0.5, 0.6) is 0 Å². The molecule has 0 amide bonds. The minimum atomic E-state index is 0. The van der Waals surface area contributed by atoms with Crippen molar-refractivity contribution in [1.82, 2.24) is 20.2 Å². The van der Waals surface area contributed by atoms with Crippen molar-refractivity contribution in [3.05, 3.63) is 18.2 Å². The zero-order valence-corrected chi connectivity index (χ0v) is 20.7. The molecule has 7 heteroatoms. The number of nitrogens with zero attached hydrogens (tertiary/aromatic N) is 3. The highest BCUT2D eigenvalue weighted by Crippen LogP contribution is 2.34. The number of guanidine groups is 1. The molecule has 2 unspecified atom stereocenters. The van der Waals surface area contributed by atoms with Gasteiger partial charge in [0.15, 0.2) is 5.96 Å². The predicted octanol–water partition coefficient (Wildman–Crippen LogP) is 3.99. The fourth-order valence-electron chi connectivity index (χ4n) is 3.79. The van der Waals surface area contributed by atoms with Crippen molar-refractivity contribution in [3.63, 3.8) is 0 Å². The van der Waals surface area contributed by atoms with Gasteiger partial charge in [-0.2, -0.15) is 0 Å². The van der Waals surface area contributed by atoms with E-state index in [2.05, 4.69) is 47.9 Å². The Morgan fingerprint density at radius 1 is 1.32 bits per heavy atom. The van der Waals surface area contributed by atoms with E-state index in [4.69, 9.17) is 9.73 Å². The third kappa shape index (κ3) is 8.27. The zero-order valence-electron chi connectivity index (χ0n) is 18.3. The summed E-state index contributed by atoms with van der Waals surface area (Å²) >= 11 is 0. The van der Waals surface area contributed by atoms with Crippen molar-refractivity contribution in [3.8, 4) is 0 Å². The summed E-state index contributed by atoms with van der Waals surface area (Å²) < 4.78 is 8.29. The maximum absolute atomic E-state index is 6.09. The van der Waals surface area contributed by atoms with Crippen LogP contribution in [0, 0.1) is 18.3 Å². The summed E-state index contributed by atoms with van der Waals surface area (Å²) in [6.07, 6.45) is 8.79. The summed E-state index contributed by atoms with van der Waals surface area (Å²) in [6.45, 7) is 15.5. The highest BCUT2D eigenvalue weighted by molar-refractivity contribution is 14.0. The Labute approximate surface area is 188 Å². The molecule has 0 radical (unpaired) electrons. The number of hydrogen-bond acceptors (Lipinski definition) is 3. The number of aromatic nitrogens is 2. The van der Waals surface area contributed by atoms with Gasteiger partial charge < -0.3 is 19.9 Å². The standard InChI is InChI=1S/C21H39N5O.HI/c1-6-22-20(24-11-7-8-13-26-14-12-23-17(26)2)25-16-18-10-9-15-27-19(18)21(3,4)5;/h12,14,18-19H,6-11,13,15-16H2,1-5H3,(H2,22,24,25);1H. The third-order valence-corrected chi connectivity index (χ3v) is 5.17. The highest BCUT2D eigenvalue weighted by atomic mass is 127. The van der Waals surface area contributed by atoms with E-state index in [9.17, 15) is 0 Å². The first kappa shape index (κ1) is 25.2. The van der Waals surface area contributed by atoms with Crippen molar-refractivity contribution in [2.45, 2.75) is 73.0 Å². The molecule has 1 fully saturated rings. The largest absolute Gasteiger partial charge is 0.377 e. The summed E-state index contributed by atoms with van der Waals surface area (Å²) in [4.78, 5) is 9.13. The van der Waals surface area contributed by atoms with Crippen LogP contribution in [0.4, 0.5) is 0 Å². The van der Waals surface area contributed by atoms with E-state index in [-0.39, 0.29) is 35.5 Å². The Kier molecular flexibility index (Phi) is 11.4. The minimum absolute atomic E-state index is 0. The average Bonchev–Trinajstić information content (AvgIpc) is 3.03. The Morgan fingerprint density at radius 2 is 2.11 bits per heavy atom. The second kappa shape index (κ2) is 12.7. The molecule has 0 bridgehead atoms. The number of imidazole rings is 1. The van der Waals surface area contributed by atoms with E-state index in [0.717, 1.165) is 63.8 Å². The molecule has 1 aliphatic heterocycles. The monoisotopic (exact) mass is 505 g/mol. The second-order valence-corrected chi connectivity index (χ2v) is 8.58. The zero-order chi connectivity index (χ0) is 19.7. The first-order valence-electron chi connectivity index (χ1n) is 10.5. The van der Waals surface area contributed by atoms with Gasteiger partial charge in [0.2, 0.25) is 0 Å². The van der Waals surface area contributed by atoms with Crippen molar-refractivity contribution < 1.29 is 4.74 Å². The van der Waals surface area contributed by atoms with Crippen molar-refractivity contribution in [2.24, 2.45) is 16.3 Å². The van der Waals surface area contributed by atoms with Crippen molar-refractivity contribution in [2.75, 3.05) is 26.2 Å². The first-order valence-corrected chi connectivity index (χ1v) is 10.5. The van der Waals surface area contributed by atoms with Crippen LogP contribution in [0.2, 0.25) is 0 Å². The molecule has 2 rings (SSSR count). The van der Waals surface area contributed by atoms with Crippen LogP contribution < -0.4 is 10.6 Å². The Bertz CT molecular complexity index is 582. The summed E-state index contributed by atoms with van der Waals surface area (Å²) in [5, 5.41) is 6.85. The molecule has 28 heavy (non-hydrogen) atoms. The van der Waals surface area contributed by atoms with Gasteiger partial charge in [0.25, 0.3) is 0 Å². The van der Waals surface area contributed by atoms with Gasteiger partial charge in [0, 0.05) is 51.1 Å². The number of rotatable bonds is 8. The Morgan fingerprint density at radius 3 is 2.75 bits per heavy atom. The van der Waals surface area contributed by atoms with E-state index in [0.29, 0.717) is 5.92 Å². The predicted molar refractivity (Wildman–Crippen MR) is 128 cm³/mol. The van der Waals surface area contributed by atoms with E-state index in [1.54, 1.807) is 0 Å². The maximum Gasteiger partial charge on any atom is 0.191 e. The average molecular weight is 505 g/mol. The minimum Gasteiger partial charge on any atom is -0.377 e. The van der Waals surface area contributed by atoms with Gasteiger partial charge in [-0.25, -0.2) is 4.98 Å². The molecule has 0 saturated carbocycles. The lowest BCUT2D eigenvalue weighted by Crippen LogP contribution is -2.43. The number of hydrogen-bond donors (Lipinski definition) is 2. The van der Waals surface area contributed by atoms with Gasteiger partial charge >= 0.3 is 0 Å². The number of ether oxygens (including phenoxy) is 1. The fourth-order valence-corrected chi connectivity index (χ4v) is 3.79. The molecule has 0 aliphatic carbocycles. The Hall–Kier alpha value is -0.830. The molecular weight excluding hydrogens is 465 g/mol. The van der Waals surface area contributed by atoms with Gasteiger partial charge in [-0.05, 0) is 44.9 Å². The molecule has 6 nitrogen and oxygen atoms in total.